The molecule has 11 heteroatoms. The van der Waals surface area contributed by atoms with Crippen molar-refractivity contribution in [2.75, 3.05) is 25.1 Å². The number of hydrogen-bond donors (Lipinski definition) is 1. The fourth-order valence-electron chi connectivity index (χ4n) is 3.48. The molecule has 166 valence electrons. The first-order valence-electron chi connectivity index (χ1n) is 9.18. The van der Waals surface area contributed by atoms with Crippen molar-refractivity contribution in [3.63, 3.8) is 0 Å². The van der Waals surface area contributed by atoms with Crippen LogP contribution in [-0.2, 0) is 9.59 Å². The summed E-state index contributed by atoms with van der Waals surface area (Å²) in [6.45, 7) is 3.20. The number of anilines is 1. The number of methoxy groups -OCH3 is 1. The summed E-state index contributed by atoms with van der Waals surface area (Å²) in [7, 11) is 1.62. The number of nitrogens with zero attached hydrogens (tertiary/aromatic N) is 2. The van der Waals surface area contributed by atoms with Crippen molar-refractivity contribution in [1.82, 2.24) is 0 Å². The van der Waals surface area contributed by atoms with Crippen molar-refractivity contribution < 1.29 is 42.7 Å². The van der Waals surface area contributed by atoms with Crippen LogP contribution in [0.5, 0.6) is 5.75 Å². The lowest BCUT2D eigenvalue weighted by molar-refractivity contribution is -0.345. The van der Waals surface area contributed by atoms with Gasteiger partial charge in [-0.15, -0.1) is 0 Å². The molecule has 2 heterocycles. The second kappa shape index (κ2) is 9.51. The highest BCUT2D eigenvalue weighted by molar-refractivity contribution is 5.93. The van der Waals surface area contributed by atoms with Gasteiger partial charge in [-0.2, -0.15) is 18.4 Å². The van der Waals surface area contributed by atoms with Crippen molar-refractivity contribution >= 4 is 28.5 Å². The number of benzene rings is 1. The minimum atomic E-state index is -5.19. The SMILES string of the molecule is COc1ccc2c(N3CC[C@H](C(=O)O)[C@H](C)C3)c(C#N)c[nH+]c2c1.O=C([O-])C(F)(F)F. The molecule has 1 saturated heterocycles. The number of rotatable bonds is 3. The van der Waals surface area contributed by atoms with Gasteiger partial charge >= 0.3 is 12.1 Å². The maximum atomic E-state index is 11.3. The molecule has 0 amide bonds. The number of nitrogens with one attached hydrogen (secondary N) is 1. The zero-order valence-electron chi connectivity index (χ0n) is 16.7. The van der Waals surface area contributed by atoms with Gasteiger partial charge in [0.1, 0.15) is 23.4 Å². The predicted octanol–water partition coefficient (Wildman–Crippen LogP) is 1.38. The van der Waals surface area contributed by atoms with E-state index in [9.17, 15) is 28.3 Å². The predicted molar refractivity (Wildman–Crippen MR) is 100.0 cm³/mol. The Morgan fingerprint density at radius 3 is 2.52 bits per heavy atom. The zero-order valence-corrected chi connectivity index (χ0v) is 16.7. The normalized spacial score (nSPS) is 18.5. The summed E-state index contributed by atoms with van der Waals surface area (Å²) < 4.78 is 36.8. The summed E-state index contributed by atoms with van der Waals surface area (Å²) in [5.41, 5.74) is 2.31. The Hall–Kier alpha value is -3.55. The molecular weight excluding hydrogens is 419 g/mol. The highest BCUT2D eigenvalue weighted by Crippen LogP contribution is 2.34. The largest absolute Gasteiger partial charge is 0.542 e. The number of ether oxygens (including phenoxy) is 1. The number of fused-ring (bicyclic) bond motifs is 1. The first-order valence-corrected chi connectivity index (χ1v) is 9.18. The molecule has 8 nitrogen and oxygen atoms in total. The van der Waals surface area contributed by atoms with Crippen molar-refractivity contribution in [1.29, 1.82) is 5.26 Å². The Balaban J connectivity index is 0.000000423. The first-order chi connectivity index (χ1) is 14.5. The second-order valence-corrected chi connectivity index (χ2v) is 7.02. The van der Waals surface area contributed by atoms with E-state index in [1.165, 1.54) is 0 Å². The topological polar surface area (TPSA) is 128 Å². The molecule has 2 N–H and O–H groups in total. The van der Waals surface area contributed by atoms with Gasteiger partial charge in [0.25, 0.3) is 0 Å². The van der Waals surface area contributed by atoms with E-state index in [1.807, 2.05) is 25.1 Å². The van der Waals surface area contributed by atoms with Crippen LogP contribution < -0.4 is 19.7 Å². The number of nitriles is 1. The van der Waals surface area contributed by atoms with Gasteiger partial charge in [0.2, 0.25) is 5.52 Å². The van der Waals surface area contributed by atoms with Gasteiger partial charge in [-0.05, 0) is 24.5 Å². The maximum Gasteiger partial charge on any atom is 0.430 e. The van der Waals surface area contributed by atoms with Crippen molar-refractivity contribution in [3.05, 3.63) is 30.0 Å². The fourth-order valence-corrected chi connectivity index (χ4v) is 3.48. The number of piperidine rings is 1. The van der Waals surface area contributed by atoms with E-state index in [0.717, 1.165) is 22.3 Å². The van der Waals surface area contributed by atoms with Gasteiger partial charge in [-0.3, -0.25) is 4.79 Å². The summed E-state index contributed by atoms with van der Waals surface area (Å²) in [5.74, 6) is -3.30. The maximum absolute atomic E-state index is 11.3. The van der Waals surface area contributed by atoms with Gasteiger partial charge in [0.15, 0.2) is 6.20 Å². The molecule has 31 heavy (non-hydrogen) atoms. The Labute approximate surface area is 175 Å². The van der Waals surface area contributed by atoms with Crippen molar-refractivity contribution in [3.8, 4) is 11.8 Å². The lowest BCUT2D eigenvalue weighted by Gasteiger charge is -2.36. The van der Waals surface area contributed by atoms with Gasteiger partial charge in [0.05, 0.1) is 30.2 Å². The Morgan fingerprint density at radius 1 is 1.39 bits per heavy atom. The second-order valence-electron chi connectivity index (χ2n) is 7.02. The van der Waals surface area contributed by atoms with E-state index in [0.29, 0.717) is 25.1 Å². The van der Waals surface area contributed by atoms with Crippen LogP contribution in [0.4, 0.5) is 18.9 Å². The number of carbonyl (C=O) groups is 2. The van der Waals surface area contributed by atoms with Gasteiger partial charge in [0, 0.05) is 13.1 Å². The Kier molecular flexibility index (Phi) is 7.28. The van der Waals surface area contributed by atoms with Crippen LogP contribution in [0.2, 0.25) is 0 Å². The fraction of sp³-hybridized carbons (Fsp3) is 0.400. The minimum absolute atomic E-state index is 0.0280. The third-order valence-corrected chi connectivity index (χ3v) is 5.00. The molecule has 0 spiro atoms. The molecule has 0 saturated carbocycles. The quantitative estimate of drug-likeness (QED) is 0.765. The molecule has 1 aliphatic rings. The number of aromatic nitrogens is 1. The summed E-state index contributed by atoms with van der Waals surface area (Å²) >= 11 is 0. The van der Waals surface area contributed by atoms with E-state index >= 15 is 0 Å². The average molecular weight is 439 g/mol. The standard InChI is InChI=1S/C18H19N3O3.C2HF3O2/c1-11-10-21(6-5-14(11)18(22)23)17-12(8-19)9-20-16-7-13(24-2)3-4-15(16)17;3-2(4,5)1(6)7/h3-4,7,9,11,14H,5-6,10H2,1-2H3,(H,22,23);(H,6,7)/t11-,14+;/m1./s1. The van der Waals surface area contributed by atoms with Crippen molar-refractivity contribution in [2.24, 2.45) is 11.8 Å². The molecule has 1 aromatic carbocycles. The highest BCUT2D eigenvalue weighted by atomic mass is 19.4. The monoisotopic (exact) mass is 439 g/mol. The van der Waals surface area contributed by atoms with E-state index in [-0.39, 0.29) is 11.8 Å². The number of H-pyrrole nitrogens is 1. The summed E-state index contributed by atoms with van der Waals surface area (Å²) in [4.78, 5) is 25.4. The number of alkyl halides is 3. The number of carboxylic acid groups (broad SMARTS) is 2. The number of hydrogen-bond acceptors (Lipinski definition) is 6. The van der Waals surface area contributed by atoms with E-state index < -0.39 is 18.1 Å². The molecule has 1 aromatic heterocycles. The number of aromatic amines is 1. The number of aliphatic carboxylic acids is 2. The lowest BCUT2D eigenvalue weighted by atomic mass is 9.86. The van der Waals surface area contributed by atoms with Crippen LogP contribution in [0, 0.1) is 23.2 Å². The van der Waals surface area contributed by atoms with Crippen LogP contribution in [-0.4, -0.2) is 43.4 Å². The number of carbonyl (C=O) groups excluding carboxylic acids is 1. The summed E-state index contributed by atoms with van der Waals surface area (Å²) in [6.07, 6.45) is -2.91. The van der Waals surface area contributed by atoms with E-state index in [4.69, 9.17) is 14.6 Å². The summed E-state index contributed by atoms with van der Waals surface area (Å²) in [5, 5.41) is 28.5. The third kappa shape index (κ3) is 5.53. The Bertz CT molecular complexity index is 1020. The van der Waals surface area contributed by atoms with Crippen LogP contribution in [0.25, 0.3) is 10.9 Å². The van der Waals surface area contributed by atoms with Crippen LogP contribution >= 0.6 is 0 Å². The van der Waals surface area contributed by atoms with Gasteiger partial charge < -0.3 is 24.6 Å². The highest BCUT2D eigenvalue weighted by Gasteiger charge is 2.33. The minimum Gasteiger partial charge on any atom is -0.542 e. The number of carboxylic acids is 2. The van der Waals surface area contributed by atoms with Crippen LogP contribution in [0.1, 0.15) is 18.9 Å². The van der Waals surface area contributed by atoms with Crippen molar-refractivity contribution in [2.45, 2.75) is 19.5 Å². The molecule has 2 aromatic rings. The first kappa shape index (κ1) is 23.7. The van der Waals surface area contributed by atoms with E-state index in [2.05, 4.69) is 16.0 Å². The van der Waals surface area contributed by atoms with Crippen LogP contribution in [0.3, 0.4) is 0 Å². The molecule has 0 unspecified atom stereocenters. The number of halogens is 3. The molecule has 1 fully saturated rings. The lowest BCUT2D eigenvalue weighted by Crippen LogP contribution is -2.42. The molecule has 1 aliphatic heterocycles. The molecule has 0 bridgehead atoms. The average Bonchev–Trinajstić information content (AvgIpc) is 2.71. The zero-order chi connectivity index (χ0) is 23.3. The molecule has 3 rings (SSSR count). The summed E-state index contributed by atoms with van der Waals surface area (Å²) in [6, 6.07) is 7.95. The third-order valence-electron chi connectivity index (χ3n) is 5.00. The molecule has 0 aliphatic carbocycles. The van der Waals surface area contributed by atoms with E-state index in [1.54, 1.807) is 13.3 Å². The van der Waals surface area contributed by atoms with Gasteiger partial charge in [-0.1, -0.05) is 6.92 Å². The molecular formula is C20H20F3N3O5. The Morgan fingerprint density at radius 2 is 2.03 bits per heavy atom. The number of pyridine rings is 1. The molecule has 0 radical (unpaired) electrons. The smallest absolute Gasteiger partial charge is 0.430 e. The van der Waals surface area contributed by atoms with Gasteiger partial charge in [-0.25, -0.2) is 4.98 Å². The van der Waals surface area contributed by atoms with Crippen LogP contribution in [0.15, 0.2) is 24.4 Å². The molecule has 2 atom stereocenters.